The van der Waals surface area contributed by atoms with Gasteiger partial charge in [0.2, 0.25) is 0 Å². The molecule has 2 aromatic rings. The van der Waals surface area contributed by atoms with Crippen LogP contribution in [-0.4, -0.2) is 9.36 Å². The zero-order chi connectivity index (χ0) is 9.10. The summed E-state index contributed by atoms with van der Waals surface area (Å²) in [4.78, 5) is 4.31. The van der Waals surface area contributed by atoms with E-state index in [9.17, 15) is 0 Å². The molecule has 13 heavy (non-hydrogen) atoms. The molecule has 1 aromatic carbocycles. The first-order valence-corrected chi connectivity index (χ1v) is 4.95. The Balaban J connectivity index is 2.15. The van der Waals surface area contributed by atoms with Crippen molar-refractivity contribution in [2.45, 2.75) is 13.3 Å². The Kier molecular flexibility index (Phi) is 2.36. The summed E-state index contributed by atoms with van der Waals surface area (Å²) < 4.78 is 4.24. The average Bonchev–Trinajstić information content (AvgIpc) is 2.53. The Morgan fingerprint density at radius 3 is 2.62 bits per heavy atom. The van der Waals surface area contributed by atoms with Crippen molar-refractivity contribution in [1.82, 2.24) is 9.36 Å². The molecule has 1 aromatic heterocycles. The first-order chi connectivity index (χ1) is 6.34. The number of hydrogen-bond donors (Lipinski definition) is 0. The van der Waals surface area contributed by atoms with Crippen LogP contribution in [0.4, 0.5) is 0 Å². The second kappa shape index (κ2) is 3.66. The molecule has 0 amide bonds. The van der Waals surface area contributed by atoms with Crippen LogP contribution in [-0.2, 0) is 6.42 Å². The highest BCUT2D eigenvalue weighted by Crippen LogP contribution is 2.08. The predicted molar refractivity (Wildman–Crippen MR) is 53.9 cm³/mol. The third kappa shape index (κ3) is 2.12. The highest BCUT2D eigenvalue weighted by atomic mass is 32.1. The molecule has 0 bridgehead atoms. The monoisotopic (exact) mass is 190 g/mol. The predicted octanol–water partition coefficient (Wildman–Crippen LogP) is 2.44. The van der Waals surface area contributed by atoms with Crippen LogP contribution in [0.3, 0.4) is 0 Å². The second-order valence-corrected chi connectivity index (χ2v) is 3.85. The minimum Gasteiger partial charge on any atom is -0.225 e. The van der Waals surface area contributed by atoms with Crippen LogP contribution in [0, 0.1) is 6.92 Å². The van der Waals surface area contributed by atoms with Gasteiger partial charge >= 0.3 is 0 Å². The lowest BCUT2D eigenvalue weighted by molar-refractivity contribution is 1.02. The van der Waals surface area contributed by atoms with E-state index in [1.807, 2.05) is 25.1 Å². The molecule has 66 valence electrons. The standard InChI is InChI=1S/C10H10N2S/c1-8-11-10(12-13-8)7-9-5-3-2-4-6-9/h2-6H,7H2,1H3. The van der Waals surface area contributed by atoms with E-state index in [1.54, 1.807) is 0 Å². The fourth-order valence-corrected chi connectivity index (χ4v) is 1.68. The summed E-state index contributed by atoms with van der Waals surface area (Å²) in [5.41, 5.74) is 1.26. The van der Waals surface area contributed by atoms with Crippen LogP contribution in [0.15, 0.2) is 30.3 Å². The Morgan fingerprint density at radius 2 is 2.00 bits per heavy atom. The zero-order valence-electron chi connectivity index (χ0n) is 7.40. The molecule has 0 saturated carbocycles. The molecular formula is C10H10N2S. The lowest BCUT2D eigenvalue weighted by Crippen LogP contribution is -1.89. The van der Waals surface area contributed by atoms with E-state index in [-0.39, 0.29) is 0 Å². The van der Waals surface area contributed by atoms with Gasteiger partial charge in [0, 0.05) is 6.42 Å². The van der Waals surface area contributed by atoms with Crippen molar-refractivity contribution in [3.05, 3.63) is 46.7 Å². The quantitative estimate of drug-likeness (QED) is 0.727. The van der Waals surface area contributed by atoms with E-state index in [1.165, 1.54) is 17.1 Å². The summed E-state index contributed by atoms with van der Waals surface area (Å²) in [5, 5.41) is 1.03. The van der Waals surface area contributed by atoms with Crippen molar-refractivity contribution in [3.8, 4) is 0 Å². The van der Waals surface area contributed by atoms with Gasteiger partial charge in [0.25, 0.3) is 0 Å². The van der Waals surface area contributed by atoms with Gasteiger partial charge in [-0.15, -0.1) is 0 Å². The van der Waals surface area contributed by atoms with Crippen LogP contribution < -0.4 is 0 Å². The minimum atomic E-state index is 0.838. The van der Waals surface area contributed by atoms with Gasteiger partial charge in [0.05, 0.1) is 0 Å². The van der Waals surface area contributed by atoms with Crippen molar-refractivity contribution >= 4 is 11.5 Å². The zero-order valence-corrected chi connectivity index (χ0v) is 8.21. The summed E-state index contributed by atoms with van der Waals surface area (Å²) in [6.07, 6.45) is 0.838. The number of benzene rings is 1. The molecule has 0 atom stereocenters. The highest BCUT2D eigenvalue weighted by Gasteiger charge is 2.00. The molecule has 0 aliphatic rings. The molecule has 0 aliphatic heterocycles. The topological polar surface area (TPSA) is 25.8 Å². The molecule has 2 nitrogen and oxygen atoms in total. The molecule has 0 unspecified atom stereocenters. The lowest BCUT2D eigenvalue weighted by Gasteiger charge is -1.94. The first-order valence-electron chi connectivity index (χ1n) is 4.18. The summed E-state index contributed by atoms with van der Waals surface area (Å²) in [6, 6.07) is 10.3. The van der Waals surface area contributed by atoms with Crippen molar-refractivity contribution < 1.29 is 0 Å². The van der Waals surface area contributed by atoms with E-state index in [2.05, 4.69) is 21.5 Å². The third-order valence-corrected chi connectivity index (χ3v) is 2.43. The largest absolute Gasteiger partial charge is 0.225 e. The second-order valence-electron chi connectivity index (χ2n) is 2.89. The van der Waals surface area contributed by atoms with Crippen LogP contribution >= 0.6 is 11.5 Å². The van der Waals surface area contributed by atoms with Crippen LogP contribution in [0.25, 0.3) is 0 Å². The summed E-state index contributed by atoms with van der Waals surface area (Å²) >= 11 is 1.46. The fourth-order valence-electron chi connectivity index (χ4n) is 1.19. The van der Waals surface area contributed by atoms with Gasteiger partial charge in [-0.1, -0.05) is 30.3 Å². The van der Waals surface area contributed by atoms with E-state index in [0.29, 0.717) is 0 Å². The maximum absolute atomic E-state index is 4.31. The molecule has 0 radical (unpaired) electrons. The van der Waals surface area contributed by atoms with E-state index >= 15 is 0 Å². The van der Waals surface area contributed by atoms with Gasteiger partial charge in [-0.05, 0) is 24.0 Å². The van der Waals surface area contributed by atoms with Gasteiger partial charge in [-0.3, -0.25) is 0 Å². The van der Waals surface area contributed by atoms with Gasteiger partial charge in [0.15, 0.2) is 0 Å². The van der Waals surface area contributed by atoms with Gasteiger partial charge < -0.3 is 0 Å². The van der Waals surface area contributed by atoms with E-state index in [0.717, 1.165) is 17.3 Å². The Morgan fingerprint density at radius 1 is 1.23 bits per heavy atom. The SMILES string of the molecule is Cc1nc(Cc2ccccc2)ns1. The normalized spacial score (nSPS) is 10.2. The summed E-state index contributed by atoms with van der Waals surface area (Å²) in [7, 11) is 0. The van der Waals surface area contributed by atoms with Gasteiger partial charge in [0.1, 0.15) is 10.8 Å². The van der Waals surface area contributed by atoms with Crippen molar-refractivity contribution in [2.24, 2.45) is 0 Å². The van der Waals surface area contributed by atoms with Crippen molar-refractivity contribution in [1.29, 1.82) is 0 Å². The molecule has 0 N–H and O–H groups in total. The molecule has 1 heterocycles. The molecule has 0 saturated heterocycles. The maximum Gasteiger partial charge on any atom is 0.146 e. The van der Waals surface area contributed by atoms with Gasteiger partial charge in [-0.2, -0.15) is 4.37 Å². The van der Waals surface area contributed by atoms with E-state index < -0.39 is 0 Å². The average molecular weight is 190 g/mol. The van der Waals surface area contributed by atoms with Crippen molar-refractivity contribution in [2.75, 3.05) is 0 Å². The molecule has 3 heteroatoms. The number of aryl methyl sites for hydroxylation is 1. The molecule has 2 rings (SSSR count). The fraction of sp³-hybridized carbons (Fsp3) is 0.200. The van der Waals surface area contributed by atoms with Crippen LogP contribution in [0.1, 0.15) is 16.4 Å². The number of aromatic nitrogens is 2. The molecule has 0 fully saturated rings. The molecule has 0 aliphatic carbocycles. The Labute approximate surface area is 81.4 Å². The highest BCUT2D eigenvalue weighted by molar-refractivity contribution is 7.05. The molecular weight excluding hydrogens is 180 g/mol. The molecule has 0 spiro atoms. The maximum atomic E-state index is 4.31. The summed E-state index contributed by atoms with van der Waals surface area (Å²) in [5.74, 6) is 0.925. The first kappa shape index (κ1) is 8.38. The number of rotatable bonds is 2. The minimum absolute atomic E-state index is 0.838. The van der Waals surface area contributed by atoms with Crippen LogP contribution in [0.5, 0.6) is 0 Å². The van der Waals surface area contributed by atoms with E-state index in [4.69, 9.17) is 0 Å². The number of nitrogens with zero attached hydrogens (tertiary/aromatic N) is 2. The Bertz CT molecular complexity index is 381. The van der Waals surface area contributed by atoms with Crippen molar-refractivity contribution in [3.63, 3.8) is 0 Å². The van der Waals surface area contributed by atoms with Gasteiger partial charge in [-0.25, -0.2) is 4.98 Å². The summed E-state index contributed by atoms with van der Waals surface area (Å²) in [6.45, 7) is 1.98. The van der Waals surface area contributed by atoms with Crippen LogP contribution in [0.2, 0.25) is 0 Å². The lowest BCUT2D eigenvalue weighted by atomic mass is 10.1. The Hall–Kier alpha value is -1.22. The third-order valence-electron chi connectivity index (χ3n) is 1.77. The number of hydrogen-bond acceptors (Lipinski definition) is 3. The smallest absolute Gasteiger partial charge is 0.146 e.